The first kappa shape index (κ1) is 21.6. The molecular weight excluding hydrogens is 388 g/mol. The van der Waals surface area contributed by atoms with Crippen LogP contribution in [0, 0.1) is 13.8 Å². The van der Waals surface area contributed by atoms with E-state index in [0.717, 1.165) is 54.2 Å². The van der Waals surface area contributed by atoms with Crippen LogP contribution < -0.4 is 0 Å². The molecule has 4 rings (SSSR count). The van der Waals surface area contributed by atoms with Gasteiger partial charge in [-0.15, -0.1) is 0 Å². The molecule has 1 atom stereocenters. The molecule has 0 saturated carbocycles. The minimum atomic E-state index is -0.263. The molecule has 3 aromatic rings. The van der Waals surface area contributed by atoms with E-state index >= 15 is 0 Å². The molecule has 0 radical (unpaired) electrons. The van der Waals surface area contributed by atoms with Gasteiger partial charge in [0.1, 0.15) is 0 Å². The second-order valence-corrected chi connectivity index (χ2v) is 8.70. The van der Waals surface area contributed by atoms with Gasteiger partial charge in [0.2, 0.25) is 0 Å². The number of nitrogens with zero attached hydrogens (tertiary/aromatic N) is 2. The van der Waals surface area contributed by atoms with Crippen LogP contribution in [-0.2, 0) is 9.47 Å². The molecule has 0 bridgehead atoms. The molecule has 1 aliphatic rings. The number of morpholine rings is 1. The highest BCUT2D eigenvalue weighted by atomic mass is 16.5. The number of hydrogen-bond acceptors (Lipinski definition) is 4. The number of carbonyl (C=O) groups excluding carboxylic acids is 1. The average Bonchev–Trinajstić information content (AvgIpc) is 3.17. The summed E-state index contributed by atoms with van der Waals surface area (Å²) in [5, 5.41) is 0. The molecule has 0 amide bonds. The topological polar surface area (TPSA) is 43.2 Å². The average molecular weight is 421 g/mol. The van der Waals surface area contributed by atoms with Crippen LogP contribution >= 0.6 is 0 Å². The smallest absolute Gasteiger partial charge is 0.338 e. The summed E-state index contributed by atoms with van der Waals surface area (Å²) < 4.78 is 13.4. The lowest BCUT2D eigenvalue weighted by Gasteiger charge is -2.34. The number of rotatable bonds is 5. The Morgan fingerprint density at radius 2 is 1.71 bits per heavy atom. The molecular formula is C26H32N2O3. The standard InChI is InChI=1S/C26H32N2O3/c1-17(2)31-26(29)23-16-24-22(21-8-6-18(3)7-9-21)10-11-28(24)25(19(23)4)20(5)27-12-14-30-15-13-27/h6-11,16-17,20H,12-15H2,1-5H3. The summed E-state index contributed by atoms with van der Waals surface area (Å²) in [5.41, 5.74) is 7.27. The Morgan fingerprint density at radius 3 is 2.35 bits per heavy atom. The van der Waals surface area contributed by atoms with Crippen molar-refractivity contribution >= 4 is 11.5 Å². The van der Waals surface area contributed by atoms with Gasteiger partial charge in [0, 0.05) is 36.6 Å². The van der Waals surface area contributed by atoms with Crippen LogP contribution in [0.5, 0.6) is 0 Å². The molecule has 0 N–H and O–H groups in total. The fourth-order valence-electron chi connectivity index (χ4n) is 4.48. The number of aromatic nitrogens is 1. The number of benzene rings is 1. The maximum Gasteiger partial charge on any atom is 0.338 e. The predicted molar refractivity (Wildman–Crippen MR) is 124 cm³/mol. The van der Waals surface area contributed by atoms with Crippen molar-refractivity contribution in [1.82, 2.24) is 9.30 Å². The molecule has 2 aromatic heterocycles. The lowest BCUT2D eigenvalue weighted by Crippen LogP contribution is -2.39. The first-order chi connectivity index (χ1) is 14.9. The van der Waals surface area contributed by atoms with Crippen molar-refractivity contribution in [2.45, 2.75) is 46.8 Å². The molecule has 164 valence electrons. The van der Waals surface area contributed by atoms with Crippen molar-refractivity contribution < 1.29 is 14.3 Å². The number of hydrogen-bond donors (Lipinski definition) is 0. The van der Waals surface area contributed by atoms with Gasteiger partial charge in [-0.25, -0.2) is 4.79 Å². The summed E-state index contributed by atoms with van der Waals surface area (Å²) in [7, 11) is 0. The van der Waals surface area contributed by atoms with Gasteiger partial charge in [-0.3, -0.25) is 4.90 Å². The molecule has 1 aromatic carbocycles. The number of fused-ring (bicyclic) bond motifs is 1. The summed E-state index contributed by atoms with van der Waals surface area (Å²) >= 11 is 0. The normalized spacial score (nSPS) is 16.1. The van der Waals surface area contributed by atoms with Gasteiger partial charge >= 0.3 is 5.97 Å². The van der Waals surface area contributed by atoms with Crippen molar-refractivity contribution in [1.29, 1.82) is 0 Å². The molecule has 5 heteroatoms. The van der Waals surface area contributed by atoms with E-state index < -0.39 is 0 Å². The zero-order valence-electron chi connectivity index (χ0n) is 19.1. The van der Waals surface area contributed by atoms with Gasteiger partial charge in [-0.05, 0) is 57.9 Å². The zero-order valence-corrected chi connectivity index (χ0v) is 19.1. The van der Waals surface area contributed by atoms with E-state index in [2.05, 4.69) is 59.7 Å². The van der Waals surface area contributed by atoms with Crippen LogP contribution in [0.15, 0.2) is 42.6 Å². The number of esters is 1. The van der Waals surface area contributed by atoms with Crippen LogP contribution in [0.2, 0.25) is 0 Å². The minimum Gasteiger partial charge on any atom is -0.459 e. The molecule has 1 fully saturated rings. The van der Waals surface area contributed by atoms with E-state index in [-0.39, 0.29) is 18.1 Å². The second-order valence-electron chi connectivity index (χ2n) is 8.70. The SMILES string of the molecule is Cc1ccc(-c2ccn3c(C(C)N4CCOCC4)c(C)c(C(=O)OC(C)C)cc23)cc1. The van der Waals surface area contributed by atoms with Crippen LogP contribution in [0.3, 0.4) is 0 Å². The number of ether oxygens (including phenoxy) is 2. The minimum absolute atomic E-state index is 0.150. The Labute approximate surface area is 184 Å². The van der Waals surface area contributed by atoms with Gasteiger partial charge in [0.25, 0.3) is 0 Å². The third kappa shape index (κ3) is 4.25. The summed E-state index contributed by atoms with van der Waals surface area (Å²) in [5.74, 6) is -0.263. The molecule has 1 saturated heterocycles. The van der Waals surface area contributed by atoms with Gasteiger partial charge in [0.15, 0.2) is 0 Å². The summed E-state index contributed by atoms with van der Waals surface area (Å²) in [6.07, 6.45) is 1.97. The molecule has 0 spiro atoms. The Balaban J connectivity index is 1.90. The largest absolute Gasteiger partial charge is 0.459 e. The highest BCUT2D eigenvalue weighted by Gasteiger charge is 2.26. The maximum atomic E-state index is 13.0. The van der Waals surface area contributed by atoms with E-state index in [9.17, 15) is 4.79 Å². The van der Waals surface area contributed by atoms with Gasteiger partial charge in [-0.2, -0.15) is 0 Å². The Kier molecular flexibility index (Phi) is 6.17. The second kappa shape index (κ2) is 8.85. The molecule has 1 aliphatic heterocycles. The molecule has 1 unspecified atom stereocenters. The lowest BCUT2D eigenvalue weighted by molar-refractivity contribution is 0.0186. The van der Waals surface area contributed by atoms with Crippen LogP contribution in [0.4, 0.5) is 0 Å². The quantitative estimate of drug-likeness (QED) is 0.534. The van der Waals surface area contributed by atoms with Crippen LogP contribution in [0.25, 0.3) is 16.6 Å². The Hall–Kier alpha value is -2.63. The van der Waals surface area contributed by atoms with Crippen molar-refractivity contribution in [3.05, 3.63) is 65.0 Å². The Bertz CT molecular complexity index is 1080. The van der Waals surface area contributed by atoms with E-state index in [1.54, 1.807) is 0 Å². The van der Waals surface area contributed by atoms with Crippen molar-refractivity contribution in [3.63, 3.8) is 0 Å². The van der Waals surface area contributed by atoms with Crippen LogP contribution in [-0.4, -0.2) is 47.7 Å². The van der Waals surface area contributed by atoms with Gasteiger partial charge < -0.3 is 13.9 Å². The zero-order chi connectivity index (χ0) is 22.1. The lowest BCUT2D eigenvalue weighted by atomic mass is 9.99. The monoisotopic (exact) mass is 420 g/mol. The molecule has 31 heavy (non-hydrogen) atoms. The third-order valence-electron chi connectivity index (χ3n) is 6.17. The fraction of sp³-hybridized carbons (Fsp3) is 0.423. The van der Waals surface area contributed by atoms with Crippen molar-refractivity contribution in [2.24, 2.45) is 0 Å². The molecule has 5 nitrogen and oxygen atoms in total. The number of carbonyl (C=O) groups is 1. The first-order valence-electron chi connectivity index (χ1n) is 11.1. The van der Waals surface area contributed by atoms with E-state index in [0.29, 0.717) is 5.56 Å². The predicted octanol–water partition coefficient (Wildman–Crippen LogP) is 5.18. The highest BCUT2D eigenvalue weighted by Crippen LogP contribution is 2.34. The summed E-state index contributed by atoms with van der Waals surface area (Å²) in [4.78, 5) is 15.4. The van der Waals surface area contributed by atoms with Gasteiger partial charge in [-0.1, -0.05) is 29.8 Å². The number of aryl methyl sites for hydroxylation is 1. The van der Waals surface area contributed by atoms with Crippen molar-refractivity contribution in [3.8, 4) is 11.1 Å². The fourth-order valence-corrected chi connectivity index (χ4v) is 4.48. The number of pyridine rings is 1. The van der Waals surface area contributed by atoms with Crippen LogP contribution in [0.1, 0.15) is 54.0 Å². The van der Waals surface area contributed by atoms with E-state index in [4.69, 9.17) is 9.47 Å². The molecule has 3 heterocycles. The summed E-state index contributed by atoms with van der Waals surface area (Å²) in [6.45, 7) is 13.4. The maximum absolute atomic E-state index is 13.0. The van der Waals surface area contributed by atoms with E-state index in [1.807, 2.05) is 26.8 Å². The van der Waals surface area contributed by atoms with E-state index in [1.165, 1.54) is 5.56 Å². The molecule has 0 aliphatic carbocycles. The Morgan fingerprint density at radius 1 is 1.03 bits per heavy atom. The van der Waals surface area contributed by atoms with Gasteiger partial charge in [0.05, 0.1) is 30.4 Å². The first-order valence-corrected chi connectivity index (χ1v) is 11.1. The summed E-state index contributed by atoms with van der Waals surface area (Å²) in [6, 6.07) is 12.8. The highest BCUT2D eigenvalue weighted by molar-refractivity contribution is 5.95. The third-order valence-corrected chi connectivity index (χ3v) is 6.17. The van der Waals surface area contributed by atoms with Crippen molar-refractivity contribution in [2.75, 3.05) is 26.3 Å².